The summed E-state index contributed by atoms with van der Waals surface area (Å²) in [5.41, 5.74) is 4.44. The van der Waals surface area contributed by atoms with Gasteiger partial charge in [0.2, 0.25) is 0 Å². The maximum Gasteiger partial charge on any atom is 0.271 e. The molecule has 5 heteroatoms. The standard InChI is InChI=1S/C26H27N3OS/c30-26-24-23(13-18-31-24)27-25(29(26)17-16-28-14-5-2-6-15-28)22-11-9-21(10-12-22)19-20-7-3-1-4-8-20/h1,3-4,7-13,18H,2,5-6,14-17,19H2. The minimum absolute atomic E-state index is 0.0837. The van der Waals surface area contributed by atoms with Gasteiger partial charge in [-0.1, -0.05) is 61.0 Å². The fraction of sp³-hybridized carbons (Fsp3) is 0.308. The largest absolute Gasteiger partial charge is 0.302 e. The molecule has 0 saturated carbocycles. The van der Waals surface area contributed by atoms with E-state index in [1.54, 1.807) is 0 Å². The number of aromatic nitrogens is 2. The molecule has 3 heterocycles. The SMILES string of the molecule is O=c1c2sccc2nc(-c2ccc(Cc3ccccc3)cc2)n1CCN1CCCCC1. The van der Waals surface area contributed by atoms with Gasteiger partial charge in [-0.3, -0.25) is 9.36 Å². The molecule has 1 fully saturated rings. The summed E-state index contributed by atoms with van der Waals surface area (Å²) >= 11 is 1.49. The van der Waals surface area contributed by atoms with E-state index in [0.29, 0.717) is 6.54 Å². The molecule has 31 heavy (non-hydrogen) atoms. The van der Waals surface area contributed by atoms with Crippen LogP contribution in [-0.2, 0) is 13.0 Å². The first-order chi connectivity index (χ1) is 15.3. The van der Waals surface area contributed by atoms with Crippen molar-refractivity contribution in [3.63, 3.8) is 0 Å². The van der Waals surface area contributed by atoms with Gasteiger partial charge in [-0.25, -0.2) is 4.98 Å². The lowest BCUT2D eigenvalue weighted by molar-refractivity contribution is 0.220. The number of hydrogen-bond donors (Lipinski definition) is 0. The highest BCUT2D eigenvalue weighted by atomic mass is 32.1. The number of thiophene rings is 1. The molecule has 0 aliphatic carbocycles. The Labute approximate surface area is 186 Å². The third kappa shape index (κ3) is 4.48. The molecule has 0 spiro atoms. The first-order valence-electron chi connectivity index (χ1n) is 11.1. The Kier molecular flexibility index (Phi) is 5.96. The summed E-state index contributed by atoms with van der Waals surface area (Å²) < 4.78 is 2.64. The number of fused-ring (bicyclic) bond motifs is 1. The van der Waals surface area contributed by atoms with E-state index in [-0.39, 0.29) is 5.56 Å². The number of likely N-dealkylation sites (tertiary alicyclic amines) is 1. The molecule has 1 aliphatic heterocycles. The van der Waals surface area contributed by atoms with E-state index >= 15 is 0 Å². The van der Waals surface area contributed by atoms with Gasteiger partial charge in [0.1, 0.15) is 10.5 Å². The number of piperidine rings is 1. The molecule has 0 N–H and O–H groups in total. The van der Waals surface area contributed by atoms with Gasteiger partial charge in [0, 0.05) is 18.7 Å². The quantitative estimate of drug-likeness (QED) is 0.423. The van der Waals surface area contributed by atoms with Crippen LogP contribution in [0.4, 0.5) is 0 Å². The maximum absolute atomic E-state index is 13.3. The van der Waals surface area contributed by atoms with E-state index in [0.717, 1.165) is 47.7 Å². The van der Waals surface area contributed by atoms with Crippen molar-refractivity contribution in [1.82, 2.24) is 14.5 Å². The second-order valence-corrected chi connectivity index (χ2v) is 9.20. The van der Waals surface area contributed by atoms with Crippen molar-refractivity contribution in [3.05, 3.63) is 87.5 Å². The van der Waals surface area contributed by atoms with Crippen LogP contribution in [0.5, 0.6) is 0 Å². The normalized spacial score (nSPS) is 14.8. The van der Waals surface area contributed by atoms with Gasteiger partial charge in [-0.15, -0.1) is 11.3 Å². The molecule has 0 atom stereocenters. The van der Waals surface area contributed by atoms with Gasteiger partial charge >= 0.3 is 0 Å². The molecule has 0 amide bonds. The first-order valence-corrected chi connectivity index (χ1v) is 12.0. The molecule has 1 saturated heterocycles. The Balaban J connectivity index is 1.45. The van der Waals surface area contributed by atoms with Crippen LogP contribution in [0.1, 0.15) is 30.4 Å². The number of hydrogen-bond acceptors (Lipinski definition) is 4. The number of rotatable bonds is 6. The van der Waals surface area contributed by atoms with Crippen LogP contribution < -0.4 is 5.56 Å². The Bertz CT molecular complexity index is 1210. The van der Waals surface area contributed by atoms with Crippen LogP contribution in [-0.4, -0.2) is 34.1 Å². The topological polar surface area (TPSA) is 38.1 Å². The third-order valence-electron chi connectivity index (χ3n) is 6.12. The lowest BCUT2D eigenvalue weighted by Gasteiger charge is -2.27. The average molecular weight is 430 g/mol. The summed E-state index contributed by atoms with van der Waals surface area (Å²) in [6, 6.07) is 21.0. The fourth-order valence-corrected chi connectivity index (χ4v) is 5.18. The van der Waals surface area contributed by atoms with Gasteiger partial charge in [-0.2, -0.15) is 0 Å². The molecule has 0 radical (unpaired) electrons. The lowest BCUT2D eigenvalue weighted by atomic mass is 10.0. The fourth-order valence-electron chi connectivity index (χ4n) is 4.40. The zero-order valence-corrected chi connectivity index (χ0v) is 18.5. The first kappa shape index (κ1) is 20.2. The smallest absolute Gasteiger partial charge is 0.271 e. The van der Waals surface area contributed by atoms with Crippen molar-refractivity contribution in [2.45, 2.75) is 32.2 Å². The van der Waals surface area contributed by atoms with Crippen LogP contribution in [0.3, 0.4) is 0 Å². The summed E-state index contributed by atoms with van der Waals surface area (Å²) in [6.07, 6.45) is 4.74. The highest BCUT2D eigenvalue weighted by Crippen LogP contribution is 2.23. The number of benzene rings is 2. The molecule has 2 aromatic heterocycles. The molecule has 2 aromatic carbocycles. The molecule has 158 valence electrons. The van der Waals surface area contributed by atoms with Crippen molar-refractivity contribution in [2.24, 2.45) is 0 Å². The van der Waals surface area contributed by atoms with Crippen LogP contribution >= 0.6 is 11.3 Å². The predicted molar refractivity (Wildman–Crippen MR) is 129 cm³/mol. The Morgan fingerprint density at radius 3 is 2.35 bits per heavy atom. The van der Waals surface area contributed by atoms with Crippen molar-refractivity contribution in [1.29, 1.82) is 0 Å². The Morgan fingerprint density at radius 2 is 1.58 bits per heavy atom. The molecule has 4 nitrogen and oxygen atoms in total. The van der Waals surface area contributed by atoms with Crippen LogP contribution in [0.25, 0.3) is 21.6 Å². The minimum atomic E-state index is 0.0837. The third-order valence-corrected chi connectivity index (χ3v) is 7.01. The van der Waals surface area contributed by atoms with E-state index in [2.05, 4.69) is 53.4 Å². The van der Waals surface area contributed by atoms with E-state index in [9.17, 15) is 4.79 Å². The van der Waals surface area contributed by atoms with Crippen molar-refractivity contribution < 1.29 is 0 Å². The van der Waals surface area contributed by atoms with Crippen LogP contribution in [0, 0.1) is 0 Å². The Morgan fingerprint density at radius 1 is 0.839 bits per heavy atom. The molecule has 5 rings (SSSR count). The zero-order chi connectivity index (χ0) is 21.0. The highest BCUT2D eigenvalue weighted by Gasteiger charge is 2.16. The van der Waals surface area contributed by atoms with Gasteiger partial charge < -0.3 is 4.90 Å². The highest BCUT2D eigenvalue weighted by molar-refractivity contribution is 7.17. The number of nitrogens with zero attached hydrogens (tertiary/aromatic N) is 3. The molecule has 0 bridgehead atoms. The monoisotopic (exact) mass is 429 g/mol. The van der Waals surface area contributed by atoms with Crippen LogP contribution in [0.15, 0.2) is 70.8 Å². The maximum atomic E-state index is 13.3. The molecular weight excluding hydrogens is 402 g/mol. The van der Waals surface area contributed by atoms with Gasteiger partial charge in [-0.05, 0) is 54.9 Å². The second-order valence-electron chi connectivity index (χ2n) is 8.29. The predicted octanol–water partition coefficient (Wildman–Crippen LogP) is 5.20. The van der Waals surface area contributed by atoms with E-state index in [1.165, 1.54) is 41.7 Å². The molecule has 1 aliphatic rings. The lowest BCUT2D eigenvalue weighted by Crippen LogP contribution is -2.35. The minimum Gasteiger partial charge on any atom is -0.302 e. The average Bonchev–Trinajstić information content (AvgIpc) is 3.29. The van der Waals surface area contributed by atoms with Gasteiger partial charge in [0.25, 0.3) is 5.56 Å². The van der Waals surface area contributed by atoms with E-state index in [4.69, 9.17) is 4.98 Å². The molecular formula is C26H27N3OS. The summed E-state index contributed by atoms with van der Waals surface area (Å²) in [5.74, 6) is 0.777. The summed E-state index contributed by atoms with van der Waals surface area (Å²) in [5, 5.41) is 1.96. The Hall–Kier alpha value is -2.76. The molecule has 4 aromatic rings. The zero-order valence-electron chi connectivity index (χ0n) is 17.7. The summed E-state index contributed by atoms with van der Waals surface area (Å²) in [4.78, 5) is 20.7. The van der Waals surface area contributed by atoms with Crippen LogP contribution in [0.2, 0.25) is 0 Å². The van der Waals surface area contributed by atoms with Crippen molar-refractivity contribution in [3.8, 4) is 11.4 Å². The summed E-state index contributed by atoms with van der Waals surface area (Å²) in [7, 11) is 0. The summed E-state index contributed by atoms with van der Waals surface area (Å²) in [6.45, 7) is 3.85. The van der Waals surface area contributed by atoms with Crippen molar-refractivity contribution >= 4 is 21.6 Å². The van der Waals surface area contributed by atoms with Gasteiger partial charge in [0.05, 0.1) is 5.52 Å². The van der Waals surface area contributed by atoms with E-state index in [1.807, 2.05) is 22.1 Å². The molecule has 0 unspecified atom stereocenters. The van der Waals surface area contributed by atoms with E-state index < -0.39 is 0 Å². The second kappa shape index (κ2) is 9.16. The van der Waals surface area contributed by atoms with Gasteiger partial charge in [0.15, 0.2) is 0 Å². The van der Waals surface area contributed by atoms with Crippen molar-refractivity contribution in [2.75, 3.05) is 19.6 Å².